The van der Waals surface area contributed by atoms with E-state index >= 15 is 0 Å². The van der Waals surface area contributed by atoms with E-state index in [4.69, 9.17) is 9.72 Å². The van der Waals surface area contributed by atoms with Gasteiger partial charge in [-0.15, -0.1) is 0 Å². The van der Waals surface area contributed by atoms with Gasteiger partial charge in [0, 0.05) is 29.7 Å². The number of carbonyl (C=O) groups is 1. The first-order chi connectivity index (χ1) is 13.3. The van der Waals surface area contributed by atoms with Crippen LogP contribution in [0.25, 0.3) is 10.9 Å². The van der Waals surface area contributed by atoms with Crippen LogP contribution in [0.4, 0.5) is 11.5 Å². The average Bonchev–Trinajstić information content (AvgIpc) is 2.73. The van der Waals surface area contributed by atoms with Gasteiger partial charge in [-0.05, 0) is 24.3 Å². The molecule has 2 aliphatic rings. The van der Waals surface area contributed by atoms with Crippen LogP contribution in [0.1, 0.15) is 22.1 Å². The molecule has 1 fully saturated rings. The van der Waals surface area contributed by atoms with Crippen molar-refractivity contribution >= 4 is 28.3 Å². The van der Waals surface area contributed by atoms with Gasteiger partial charge in [-0.1, -0.05) is 30.3 Å². The average molecular weight is 360 g/mol. The number of aromatic nitrogens is 1. The molecule has 1 saturated heterocycles. The lowest BCUT2D eigenvalue weighted by molar-refractivity contribution is 0.0935. The van der Waals surface area contributed by atoms with Crippen molar-refractivity contribution in [3.63, 3.8) is 0 Å². The van der Waals surface area contributed by atoms with E-state index in [2.05, 4.69) is 21.6 Å². The number of anilines is 2. The van der Waals surface area contributed by atoms with E-state index in [-0.39, 0.29) is 12.1 Å². The highest BCUT2D eigenvalue weighted by Gasteiger charge is 2.28. The van der Waals surface area contributed by atoms with Gasteiger partial charge >= 0.3 is 0 Å². The molecule has 0 bridgehead atoms. The Labute approximate surface area is 157 Å². The molecule has 5 rings (SSSR count). The molecular weight excluding hydrogens is 340 g/mol. The van der Waals surface area contributed by atoms with Gasteiger partial charge in [-0.3, -0.25) is 4.79 Å². The van der Waals surface area contributed by atoms with Crippen LogP contribution in [0.5, 0.6) is 0 Å². The molecule has 0 radical (unpaired) electrons. The molecule has 27 heavy (non-hydrogen) atoms. The molecule has 0 spiro atoms. The number of rotatable bonds is 2. The van der Waals surface area contributed by atoms with Crippen LogP contribution in [-0.4, -0.2) is 37.2 Å². The zero-order valence-corrected chi connectivity index (χ0v) is 14.8. The van der Waals surface area contributed by atoms with Crippen LogP contribution in [0.2, 0.25) is 0 Å². The van der Waals surface area contributed by atoms with Crippen LogP contribution >= 0.6 is 0 Å². The summed E-state index contributed by atoms with van der Waals surface area (Å²) in [7, 11) is 0. The van der Waals surface area contributed by atoms with Gasteiger partial charge in [0.05, 0.1) is 24.3 Å². The fourth-order valence-electron chi connectivity index (χ4n) is 3.73. The number of nitrogens with one attached hydrogen (secondary N) is 2. The van der Waals surface area contributed by atoms with Gasteiger partial charge in [-0.25, -0.2) is 4.98 Å². The third kappa shape index (κ3) is 2.88. The fraction of sp³-hybridized carbons (Fsp3) is 0.238. The summed E-state index contributed by atoms with van der Waals surface area (Å²) in [6.45, 7) is 2.94. The van der Waals surface area contributed by atoms with Crippen molar-refractivity contribution in [1.82, 2.24) is 10.3 Å². The lowest BCUT2D eigenvalue weighted by Crippen LogP contribution is -2.41. The molecular formula is C21H20N4O2. The molecule has 3 aromatic rings. The van der Waals surface area contributed by atoms with Gasteiger partial charge in [0.2, 0.25) is 0 Å². The maximum absolute atomic E-state index is 12.6. The molecule has 3 heterocycles. The SMILES string of the molecule is O=C1NC(c2cc3ccccc3nc2N2CCOCC2)Nc2ccccc21. The molecule has 0 saturated carbocycles. The molecule has 2 N–H and O–H groups in total. The van der Waals surface area contributed by atoms with Crippen molar-refractivity contribution in [3.05, 3.63) is 65.7 Å². The minimum Gasteiger partial charge on any atom is -0.378 e. The van der Waals surface area contributed by atoms with E-state index < -0.39 is 0 Å². The molecule has 1 amide bonds. The summed E-state index contributed by atoms with van der Waals surface area (Å²) in [5.41, 5.74) is 3.42. The molecule has 6 heteroatoms. The number of amides is 1. The second-order valence-electron chi connectivity index (χ2n) is 6.79. The Morgan fingerprint density at radius 3 is 2.67 bits per heavy atom. The summed E-state index contributed by atoms with van der Waals surface area (Å²) in [6.07, 6.45) is -0.331. The zero-order chi connectivity index (χ0) is 18.2. The minimum atomic E-state index is -0.331. The summed E-state index contributed by atoms with van der Waals surface area (Å²) in [5.74, 6) is 0.824. The van der Waals surface area contributed by atoms with Gasteiger partial charge in [-0.2, -0.15) is 0 Å². The quantitative estimate of drug-likeness (QED) is 0.736. The van der Waals surface area contributed by atoms with Crippen molar-refractivity contribution in [2.45, 2.75) is 6.17 Å². The number of morpholine rings is 1. The Morgan fingerprint density at radius 1 is 1.00 bits per heavy atom. The van der Waals surface area contributed by atoms with Gasteiger partial charge in [0.25, 0.3) is 5.91 Å². The van der Waals surface area contributed by atoms with Crippen molar-refractivity contribution in [2.75, 3.05) is 36.5 Å². The summed E-state index contributed by atoms with van der Waals surface area (Å²) in [4.78, 5) is 19.8. The van der Waals surface area contributed by atoms with Crippen LogP contribution in [0.15, 0.2) is 54.6 Å². The molecule has 0 aliphatic carbocycles. The Kier molecular flexibility index (Phi) is 3.90. The molecule has 1 atom stereocenters. The number of fused-ring (bicyclic) bond motifs is 2. The van der Waals surface area contributed by atoms with E-state index in [0.29, 0.717) is 18.8 Å². The number of ether oxygens (including phenoxy) is 1. The summed E-state index contributed by atoms with van der Waals surface area (Å²) < 4.78 is 5.50. The lowest BCUT2D eigenvalue weighted by atomic mass is 10.0. The topological polar surface area (TPSA) is 66.5 Å². The summed E-state index contributed by atoms with van der Waals surface area (Å²) in [5, 5.41) is 7.60. The minimum absolute atomic E-state index is 0.0737. The number of hydrogen-bond donors (Lipinski definition) is 2. The fourth-order valence-corrected chi connectivity index (χ4v) is 3.73. The third-order valence-electron chi connectivity index (χ3n) is 5.10. The molecule has 6 nitrogen and oxygen atoms in total. The number of benzene rings is 2. The highest BCUT2D eigenvalue weighted by Crippen LogP contribution is 2.33. The van der Waals surface area contributed by atoms with Gasteiger partial charge in [0.15, 0.2) is 0 Å². The number of pyridine rings is 1. The highest BCUT2D eigenvalue weighted by molar-refractivity contribution is 6.02. The Bertz CT molecular complexity index is 1010. The Balaban J connectivity index is 1.62. The predicted molar refractivity (Wildman–Crippen MR) is 105 cm³/mol. The van der Waals surface area contributed by atoms with E-state index in [0.717, 1.165) is 41.1 Å². The van der Waals surface area contributed by atoms with Crippen molar-refractivity contribution in [3.8, 4) is 0 Å². The molecule has 2 aliphatic heterocycles. The lowest BCUT2D eigenvalue weighted by Gasteiger charge is -2.34. The van der Waals surface area contributed by atoms with E-state index in [1.165, 1.54) is 0 Å². The number of para-hydroxylation sites is 2. The van der Waals surface area contributed by atoms with Crippen LogP contribution < -0.4 is 15.5 Å². The largest absolute Gasteiger partial charge is 0.378 e. The van der Waals surface area contributed by atoms with Crippen LogP contribution in [0, 0.1) is 0 Å². The maximum atomic E-state index is 12.6. The number of carbonyl (C=O) groups excluding carboxylic acids is 1. The second kappa shape index (κ2) is 6.55. The number of nitrogens with zero attached hydrogens (tertiary/aromatic N) is 2. The molecule has 1 unspecified atom stereocenters. The first kappa shape index (κ1) is 16.1. The van der Waals surface area contributed by atoms with Gasteiger partial charge < -0.3 is 20.3 Å². The van der Waals surface area contributed by atoms with E-state index in [1.807, 2.05) is 48.5 Å². The molecule has 136 valence electrons. The van der Waals surface area contributed by atoms with E-state index in [1.54, 1.807) is 0 Å². The predicted octanol–water partition coefficient (Wildman–Crippen LogP) is 2.93. The highest BCUT2D eigenvalue weighted by atomic mass is 16.5. The van der Waals surface area contributed by atoms with Crippen molar-refractivity contribution < 1.29 is 9.53 Å². The van der Waals surface area contributed by atoms with E-state index in [9.17, 15) is 4.79 Å². The monoisotopic (exact) mass is 360 g/mol. The first-order valence-corrected chi connectivity index (χ1v) is 9.18. The van der Waals surface area contributed by atoms with Crippen LogP contribution in [0.3, 0.4) is 0 Å². The second-order valence-corrected chi connectivity index (χ2v) is 6.79. The third-order valence-corrected chi connectivity index (χ3v) is 5.10. The van der Waals surface area contributed by atoms with Gasteiger partial charge in [0.1, 0.15) is 12.0 Å². The maximum Gasteiger partial charge on any atom is 0.255 e. The van der Waals surface area contributed by atoms with Crippen molar-refractivity contribution in [2.24, 2.45) is 0 Å². The standard InChI is InChI=1S/C21H20N4O2/c26-21-15-6-2-4-8-18(15)22-19(24-21)16-13-14-5-1-3-7-17(14)23-20(16)25-9-11-27-12-10-25/h1-8,13,19,22H,9-12H2,(H,24,26). The first-order valence-electron chi connectivity index (χ1n) is 9.18. The number of hydrogen-bond acceptors (Lipinski definition) is 5. The normalized spacial score (nSPS) is 19.3. The summed E-state index contributed by atoms with van der Waals surface area (Å²) >= 11 is 0. The zero-order valence-electron chi connectivity index (χ0n) is 14.8. The Morgan fingerprint density at radius 2 is 1.78 bits per heavy atom. The molecule has 2 aromatic carbocycles. The smallest absolute Gasteiger partial charge is 0.255 e. The van der Waals surface area contributed by atoms with Crippen LogP contribution in [-0.2, 0) is 4.74 Å². The summed E-state index contributed by atoms with van der Waals surface area (Å²) in [6, 6.07) is 17.8. The van der Waals surface area contributed by atoms with Crippen molar-refractivity contribution in [1.29, 1.82) is 0 Å². The molecule has 1 aromatic heterocycles. The Hall–Kier alpha value is -3.12.